The van der Waals surface area contributed by atoms with Crippen LogP contribution in [-0.2, 0) is 10.0 Å². The molecule has 0 radical (unpaired) electrons. The topological polar surface area (TPSA) is 49.4 Å². The molecule has 2 aliphatic rings. The molecular weight excluding hydrogens is 248 g/mol. The molecule has 2 aliphatic heterocycles. The molecule has 5 heteroatoms. The molecule has 0 aromatic heterocycles. The lowest BCUT2D eigenvalue weighted by Crippen LogP contribution is -2.33. The average molecular weight is 266 g/mol. The van der Waals surface area contributed by atoms with Crippen molar-refractivity contribution < 1.29 is 8.42 Å². The number of benzene rings is 1. The number of nitrogens with one attached hydrogen (secondary N) is 1. The summed E-state index contributed by atoms with van der Waals surface area (Å²) in [6.45, 7) is 4.25. The zero-order valence-electron chi connectivity index (χ0n) is 10.5. The van der Waals surface area contributed by atoms with Crippen LogP contribution in [0.3, 0.4) is 0 Å². The van der Waals surface area contributed by atoms with E-state index in [1.807, 2.05) is 19.1 Å². The molecule has 0 aliphatic carbocycles. The lowest BCUT2D eigenvalue weighted by Gasteiger charge is -2.17. The first-order valence-corrected chi connectivity index (χ1v) is 7.81. The van der Waals surface area contributed by atoms with Gasteiger partial charge in [-0.3, -0.25) is 0 Å². The van der Waals surface area contributed by atoms with Crippen LogP contribution in [0, 0.1) is 12.8 Å². The Balaban J connectivity index is 1.85. The maximum absolute atomic E-state index is 12.5. The second-order valence-corrected chi connectivity index (χ2v) is 7.18. The summed E-state index contributed by atoms with van der Waals surface area (Å²) in [6.07, 6.45) is 1.09. The largest absolute Gasteiger partial charge is 0.312 e. The van der Waals surface area contributed by atoms with Gasteiger partial charge in [0.25, 0.3) is 0 Å². The summed E-state index contributed by atoms with van der Waals surface area (Å²) in [5.74, 6) is 0.491. The van der Waals surface area contributed by atoms with Gasteiger partial charge in [0.1, 0.15) is 0 Å². The Morgan fingerprint density at radius 3 is 2.61 bits per heavy atom. The summed E-state index contributed by atoms with van der Waals surface area (Å²) < 4.78 is 26.6. The van der Waals surface area contributed by atoms with E-state index in [-0.39, 0.29) is 0 Å². The minimum atomic E-state index is -3.30. The molecule has 0 saturated carbocycles. The number of rotatable bonds is 2. The van der Waals surface area contributed by atoms with Crippen molar-refractivity contribution >= 4 is 10.0 Å². The maximum Gasteiger partial charge on any atom is 0.243 e. The molecule has 2 heterocycles. The molecule has 2 saturated heterocycles. The van der Waals surface area contributed by atoms with Crippen LogP contribution in [0.1, 0.15) is 12.0 Å². The molecule has 0 amide bonds. The zero-order chi connectivity index (χ0) is 12.8. The van der Waals surface area contributed by atoms with Crippen molar-refractivity contribution in [3.8, 4) is 0 Å². The quantitative estimate of drug-likeness (QED) is 0.868. The van der Waals surface area contributed by atoms with Gasteiger partial charge in [0.05, 0.1) is 4.90 Å². The molecule has 2 fully saturated rings. The second kappa shape index (κ2) is 4.33. The number of sulfonamides is 1. The van der Waals surface area contributed by atoms with E-state index in [1.165, 1.54) is 0 Å². The Kier molecular flexibility index (Phi) is 2.92. The number of hydrogen-bond acceptors (Lipinski definition) is 3. The van der Waals surface area contributed by atoms with Gasteiger partial charge in [-0.2, -0.15) is 4.31 Å². The third kappa shape index (κ3) is 1.96. The Morgan fingerprint density at radius 1 is 1.22 bits per heavy atom. The normalized spacial score (nSPS) is 28.5. The molecule has 1 aromatic rings. The first kappa shape index (κ1) is 12.1. The van der Waals surface area contributed by atoms with Crippen molar-refractivity contribution in [2.24, 2.45) is 5.92 Å². The van der Waals surface area contributed by atoms with Crippen LogP contribution in [0.25, 0.3) is 0 Å². The van der Waals surface area contributed by atoms with Crippen LogP contribution in [0.2, 0.25) is 0 Å². The van der Waals surface area contributed by atoms with Gasteiger partial charge in [0.15, 0.2) is 0 Å². The highest BCUT2D eigenvalue weighted by Crippen LogP contribution is 2.29. The SMILES string of the molecule is Cc1ccc(S(=O)(=O)N2C[C@@H]3CCN[C@@H]3C2)cc1. The summed E-state index contributed by atoms with van der Waals surface area (Å²) in [4.78, 5) is 0.410. The molecule has 3 rings (SSSR count). The fraction of sp³-hybridized carbons (Fsp3) is 0.538. The van der Waals surface area contributed by atoms with E-state index in [2.05, 4.69) is 5.32 Å². The van der Waals surface area contributed by atoms with Crippen molar-refractivity contribution in [1.82, 2.24) is 9.62 Å². The molecule has 1 N–H and O–H groups in total. The monoisotopic (exact) mass is 266 g/mol. The van der Waals surface area contributed by atoms with E-state index in [9.17, 15) is 8.42 Å². The van der Waals surface area contributed by atoms with Crippen molar-refractivity contribution in [1.29, 1.82) is 0 Å². The van der Waals surface area contributed by atoms with E-state index in [0.29, 0.717) is 29.9 Å². The number of nitrogens with zero attached hydrogens (tertiary/aromatic N) is 1. The van der Waals surface area contributed by atoms with Gasteiger partial charge in [-0.1, -0.05) is 17.7 Å². The number of hydrogen-bond donors (Lipinski definition) is 1. The highest BCUT2D eigenvalue weighted by atomic mass is 32.2. The van der Waals surface area contributed by atoms with Gasteiger partial charge in [0.2, 0.25) is 10.0 Å². The summed E-state index contributed by atoms with van der Waals surface area (Å²) in [6, 6.07) is 7.45. The Hall–Kier alpha value is -0.910. The summed E-state index contributed by atoms with van der Waals surface area (Å²) in [5.41, 5.74) is 1.08. The predicted octanol–water partition coefficient (Wildman–Crippen LogP) is 0.977. The minimum absolute atomic E-state index is 0.352. The van der Waals surface area contributed by atoms with Gasteiger partial charge < -0.3 is 5.32 Å². The van der Waals surface area contributed by atoms with Crippen LogP contribution in [-0.4, -0.2) is 38.4 Å². The minimum Gasteiger partial charge on any atom is -0.312 e. The highest BCUT2D eigenvalue weighted by molar-refractivity contribution is 7.89. The van der Waals surface area contributed by atoms with Gasteiger partial charge in [0, 0.05) is 19.1 Å². The summed E-state index contributed by atoms with van der Waals surface area (Å²) in [7, 11) is -3.30. The van der Waals surface area contributed by atoms with Gasteiger partial charge in [-0.05, 0) is 37.9 Å². The Bertz CT molecular complexity index is 527. The van der Waals surface area contributed by atoms with E-state index >= 15 is 0 Å². The lowest BCUT2D eigenvalue weighted by molar-refractivity contribution is 0.448. The molecule has 0 unspecified atom stereocenters. The van der Waals surface area contributed by atoms with Crippen molar-refractivity contribution in [2.45, 2.75) is 24.3 Å². The van der Waals surface area contributed by atoms with Crippen molar-refractivity contribution in [3.05, 3.63) is 29.8 Å². The Labute approximate surface area is 108 Å². The molecule has 0 spiro atoms. The van der Waals surface area contributed by atoms with E-state index in [4.69, 9.17) is 0 Å². The first-order valence-electron chi connectivity index (χ1n) is 6.37. The van der Waals surface area contributed by atoms with Gasteiger partial charge in [-0.15, -0.1) is 0 Å². The first-order chi connectivity index (χ1) is 8.57. The molecule has 4 nitrogen and oxygen atoms in total. The lowest BCUT2D eigenvalue weighted by atomic mass is 10.1. The van der Waals surface area contributed by atoms with Crippen molar-refractivity contribution in [3.63, 3.8) is 0 Å². The zero-order valence-corrected chi connectivity index (χ0v) is 11.3. The fourth-order valence-corrected chi connectivity index (χ4v) is 4.39. The van der Waals surface area contributed by atoms with Crippen LogP contribution in [0.4, 0.5) is 0 Å². The average Bonchev–Trinajstić information content (AvgIpc) is 2.89. The summed E-state index contributed by atoms with van der Waals surface area (Å²) in [5, 5.41) is 3.38. The van der Waals surface area contributed by atoms with Crippen LogP contribution in [0.5, 0.6) is 0 Å². The molecule has 1 aromatic carbocycles. The third-order valence-corrected chi connectivity index (χ3v) is 5.83. The van der Waals surface area contributed by atoms with Crippen LogP contribution in [0.15, 0.2) is 29.2 Å². The smallest absolute Gasteiger partial charge is 0.243 e. The molecule has 98 valence electrons. The number of aryl methyl sites for hydroxylation is 1. The Morgan fingerprint density at radius 2 is 1.94 bits per heavy atom. The summed E-state index contributed by atoms with van der Waals surface area (Å²) >= 11 is 0. The third-order valence-electron chi connectivity index (χ3n) is 3.99. The standard InChI is InChI=1S/C13H18N2O2S/c1-10-2-4-12(5-3-10)18(16,17)15-8-11-6-7-14-13(11)9-15/h2-5,11,13-14H,6-9H2,1H3/t11-,13+/m0/s1. The van der Waals surface area contributed by atoms with Crippen molar-refractivity contribution in [2.75, 3.05) is 19.6 Å². The molecule has 18 heavy (non-hydrogen) atoms. The van der Waals surface area contributed by atoms with E-state index < -0.39 is 10.0 Å². The van der Waals surface area contributed by atoms with Gasteiger partial charge in [-0.25, -0.2) is 8.42 Å². The predicted molar refractivity (Wildman–Crippen MR) is 69.8 cm³/mol. The molecular formula is C13H18N2O2S. The van der Waals surface area contributed by atoms with Gasteiger partial charge >= 0.3 is 0 Å². The maximum atomic E-state index is 12.5. The van der Waals surface area contributed by atoms with E-state index in [1.54, 1.807) is 16.4 Å². The van der Waals surface area contributed by atoms with Crippen LogP contribution >= 0.6 is 0 Å². The van der Waals surface area contributed by atoms with Crippen LogP contribution < -0.4 is 5.32 Å². The molecule has 0 bridgehead atoms. The fourth-order valence-electron chi connectivity index (χ4n) is 2.87. The molecule has 2 atom stereocenters. The number of fused-ring (bicyclic) bond motifs is 1. The second-order valence-electron chi connectivity index (χ2n) is 5.24. The highest BCUT2D eigenvalue weighted by Gasteiger charge is 2.41. The van der Waals surface area contributed by atoms with E-state index in [0.717, 1.165) is 18.5 Å².